The third kappa shape index (κ3) is 6.62. The van der Waals surface area contributed by atoms with Gasteiger partial charge < -0.3 is 15.4 Å². The van der Waals surface area contributed by atoms with E-state index in [1.54, 1.807) is 0 Å². The van der Waals surface area contributed by atoms with Gasteiger partial charge in [0.25, 0.3) is 0 Å². The number of hydrogen-bond acceptors (Lipinski definition) is 3. The Morgan fingerprint density at radius 1 is 1.38 bits per heavy atom. The summed E-state index contributed by atoms with van der Waals surface area (Å²) < 4.78 is 39.3. The highest BCUT2D eigenvalue weighted by atomic mass is 19.4. The molecule has 1 fully saturated rings. The van der Waals surface area contributed by atoms with Crippen LogP contribution in [0.1, 0.15) is 6.92 Å². The van der Waals surface area contributed by atoms with Crippen molar-refractivity contribution in [2.75, 3.05) is 33.4 Å². The summed E-state index contributed by atoms with van der Waals surface area (Å²) in [6.45, 7) is 4.75. The molecule has 16 heavy (non-hydrogen) atoms. The third-order valence-electron chi connectivity index (χ3n) is 2.15. The summed E-state index contributed by atoms with van der Waals surface area (Å²) in [5.74, 6) is -3.39. The van der Waals surface area contributed by atoms with Gasteiger partial charge in [0, 0.05) is 13.1 Å². The van der Waals surface area contributed by atoms with E-state index in [2.05, 4.69) is 17.7 Å². The molecule has 7 heteroatoms. The van der Waals surface area contributed by atoms with Crippen molar-refractivity contribution in [3.8, 4) is 0 Å². The summed E-state index contributed by atoms with van der Waals surface area (Å²) >= 11 is 0. The predicted molar refractivity (Wildman–Crippen MR) is 52.7 cm³/mol. The fraction of sp³-hybridized carbons (Fsp3) is 0.889. The second kappa shape index (κ2) is 6.70. The lowest BCUT2D eigenvalue weighted by atomic mass is 10.2. The minimum Gasteiger partial charge on any atom is -0.379 e. The van der Waals surface area contributed by atoms with E-state index in [1.807, 2.05) is 0 Å². The van der Waals surface area contributed by atoms with Crippen LogP contribution >= 0.6 is 0 Å². The average Bonchev–Trinajstić information content (AvgIpc) is 2.17. The topological polar surface area (TPSA) is 55.6 Å². The Kier molecular flexibility index (Phi) is 6.35. The van der Waals surface area contributed by atoms with Gasteiger partial charge in [0.15, 0.2) is 0 Å². The second-order valence-electron chi connectivity index (χ2n) is 3.58. The van der Waals surface area contributed by atoms with E-state index in [9.17, 15) is 18.0 Å². The predicted octanol–water partition coefficient (Wildman–Crippen LogP) is 0.618. The van der Waals surface area contributed by atoms with E-state index < -0.39 is 18.0 Å². The lowest BCUT2D eigenvalue weighted by Crippen LogP contribution is -2.32. The minimum absolute atomic E-state index is 0.725. The molecular weight excluding hydrogens is 225 g/mol. The molecule has 0 aromatic heterocycles. The van der Waals surface area contributed by atoms with Crippen LogP contribution in [0.3, 0.4) is 0 Å². The van der Waals surface area contributed by atoms with Crippen LogP contribution in [0.2, 0.25) is 0 Å². The molecule has 1 saturated heterocycles. The Morgan fingerprint density at radius 2 is 1.81 bits per heavy atom. The first-order valence-electron chi connectivity index (χ1n) is 4.87. The van der Waals surface area contributed by atoms with Gasteiger partial charge >= 0.3 is 6.18 Å². The smallest absolute Gasteiger partial charge is 0.379 e. The summed E-state index contributed by atoms with van der Waals surface area (Å²) in [7, 11) is 2.11. The van der Waals surface area contributed by atoms with E-state index in [-0.39, 0.29) is 0 Å². The molecule has 1 amide bonds. The molecule has 1 atom stereocenters. The van der Waals surface area contributed by atoms with Gasteiger partial charge in [-0.25, -0.2) is 0 Å². The number of ether oxygens (including phenoxy) is 1. The number of carbonyl (C=O) groups excluding carboxylic acids is 1. The summed E-state index contributed by atoms with van der Waals surface area (Å²) in [4.78, 5) is 12.1. The van der Waals surface area contributed by atoms with Crippen molar-refractivity contribution in [2.45, 2.75) is 13.1 Å². The van der Waals surface area contributed by atoms with E-state index in [0.29, 0.717) is 0 Å². The third-order valence-corrected chi connectivity index (χ3v) is 2.15. The van der Waals surface area contributed by atoms with Crippen molar-refractivity contribution >= 4 is 5.91 Å². The summed E-state index contributed by atoms with van der Waals surface area (Å²) in [6.07, 6.45) is -4.49. The van der Waals surface area contributed by atoms with Gasteiger partial charge in [0.1, 0.15) is 5.92 Å². The maximum Gasteiger partial charge on any atom is 0.400 e. The Hall–Kier alpha value is -0.820. The van der Waals surface area contributed by atoms with Crippen LogP contribution in [-0.4, -0.2) is 50.3 Å². The Morgan fingerprint density at radius 3 is 1.94 bits per heavy atom. The molecule has 0 aromatic carbocycles. The van der Waals surface area contributed by atoms with E-state index in [4.69, 9.17) is 4.74 Å². The van der Waals surface area contributed by atoms with Crippen LogP contribution in [0, 0.1) is 5.92 Å². The van der Waals surface area contributed by atoms with Gasteiger partial charge in [-0.2, -0.15) is 13.2 Å². The van der Waals surface area contributed by atoms with Gasteiger partial charge in [0.05, 0.1) is 13.2 Å². The zero-order valence-corrected chi connectivity index (χ0v) is 9.38. The van der Waals surface area contributed by atoms with E-state index in [1.165, 1.54) is 0 Å². The van der Waals surface area contributed by atoms with Crippen LogP contribution in [0.5, 0.6) is 0 Å². The average molecular weight is 242 g/mol. The molecule has 1 rings (SSSR count). The highest BCUT2D eigenvalue weighted by Crippen LogP contribution is 2.24. The molecule has 1 aliphatic rings. The molecule has 0 spiro atoms. The zero-order valence-electron chi connectivity index (χ0n) is 9.38. The van der Waals surface area contributed by atoms with E-state index in [0.717, 1.165) is 33.2 Å². The molecule has 0 radical (unpaired) electrons. The lowest BCUT2D eigenvalue weighted by Gasteiger charge is -2.21. The number of carbonyl (C=O) groups is 1. The first-order chi connectivity index (χ1) is 7.25. The van der Waals surface area contributed by atoms with Crippen molar-refractivity contribution in [2.24, 2.45) is 11.7 Å². The number of rotatable bonds is 1. The second-order valence-corrected chi connectivity index (χ2v) is 3.58. The number of likely N-dealkylation sites (N-methyl/N-ethyl adjacent to an activating group) is 1. The van der Waals surface area contributed by atoms with E-state index >= 15 is 0 Å². The Labute approximate surface area is 92.5 Å². The van der Waals surface area contributed by atoms with Crippen molar-refractivity contribution in [3.63, 3.8) is 0 Å². The Balaban J connectivity index is 0.000000288. The van der Waals surface area contributed by atoms with Crippen LogP contribution in [-0.2, 0) is 9.53 Å². The van der Waals surface area contributed by atoms with Gasteiger partial charge in [-0.15, -0.1) is 0 Å². The monoisotopic (exact) mass is 242 g/mol. The number of halogens is 3. The number of alkyl halides is 3. The molecule has 4 nitrogen and oxygen atoms in total. The van der Waals surface area contributed by atoms with Crippen molar-refractivity contribution in [3.05, 3.63) is 0 Å². The first kappa shape index (κ1) is 15.2. The van der Waals surface area contributed by atoms with Gasteiger partial charge in [-0.3, -0.25) is 4.79 Å². The fourth-order valence-electron chi connectivity index (χ4n) is 0.816. The number of morpholine rings is 1. The molecule has 96 valence electrons. The minimum atomic E-state index is -4.49. The molecule has 2 N–H and O–H groups in total. The molecule has 0 aliphatic carbocycles. The van der Waals surface area contributed by atoms with Crippen LogP contribution in [0.15, 0.2) is 0 Å². The van der Waals surface area contributed by atoms with Crippen molar-refractivity contribution in [1.82, 2.24) is 4.90 Å². The summed E-state index contributed by atoms with van der Waals surface area (Å²) in [5, 5.41) is 0. The molecular formula is C9H17F3N2O2. The highest BCUT2D eigenvalue weighted by molar-refractivity contribution is 5.76. The van der Waals surface area contributed by atoms with Crippen LogP contribution < -0.4 is 5.73 Å². The number of hydrogen-bond donors (Lipinski definition) is 1. The standard InChI is InChI=1S/C5H11NO.C4H6F3NO/c1-6-2-4-7-5-3-6;1-2(3(8)9)4(5,6)7/h2-5H2,1H3;2H,1H3,(H2,8,9). The number of nitrogens with two attached hydrogens (primary N) is 1. The normalized spacial score (nSPS) is 19.6. The summed E-state index contributed by atoms with van der Waals surface area (Å²) in [6, 6.07) is 0. The fourth-order valence-corrected chi connectivity index (χ4v) is 0.816. The SMILES string of the molecule is CC(C(N)=O)C(F)(F)F.CN1CCOCC1. The van der Waals surface area contributed by atoms with Gasteiger partial charge in [-0.1, -0.05) is 0 Å². The van der Waals surface area contributed by atoms with Crippen LogP contribution in [0.4, 0.5) is 13.2 Å². The zero-order chi connectivity index (χ0) is 12.8. The molecule has 0 saturated carbocycles. The number of nitrogens with zero attached hydrogens (tertiary/aromatic N) is 1. The molecule has 1 aliphatic heterocycles. The maximum atomic E-state index is 11.4. The number of amides is 1. The quantitative estimate of drug-likeness (QED) is 0.733. The maximum absolute atomic E-state index is 11.4. The lowest BCUT2D eigenvalue weighted by molar-refractivity contribution is -0.176. The van der Waals surface area contributed by atoms with Crippen molar-refractivity contribution in [1.29, 1.82) is 0 Å². The molecule has 0 aromatic rings. The summed E-state index contributed by atoms with van der Waals surface area (Å²) in [5.41, 5.74) is 4.36. The van der Waals surface area contributed by atoms with Gasteiger partial charge in [0.2, 0.25) is 5.91 Å². The first-order valence-corrected chi connectivity index (χ1v) is 4.87. The van der Waals surface area contributed by atoms with Crippen LogP contribution in [0.25, 0.3) is 0 Å². The molecule has 1 heterocycles. The largest absolute Gasteiger partial charge is 0.400 e. The molecule has 1 unspecified atom stereocenters. The highest BCUT2D eigenvalue weighted by Gasteiger charge is 2.39. The number of primary amides is 1. The molecule has 0 bridgehead atoms. The van der Waals surface area contributed by atoms with Gasteiger partial charge in [-0.05, 0) is 14.0 Å². The van der Waals surface area contributed by atoms with Crippen molar-refractivity contribution < 1.29 is 22.7 Å². The Bertz CT molecular complexity index is 215.